The average Bonchev–Trinajstić information content (AvgIpc) is 2.82. The van der Waals surface area contributed by atoms with Crippen molar-refractivity contribution in [3.8, 4) is 0 Å². The molecule has 1 aliphatic rings. The summed E-state index contributed by atoms with van der Waals surface area (Å²) < 4.78 is 37.0. The minimum absolute atomic E-state index is 0.000682. The second-order valence-corrected chi connectivity index (χ2v) is 4.66. The zero-order valence-electron chi connectivity index (χ0n) is 8.70. The van der Waals surface area contributed by atoms with Crippen molar-refractivity contribution in [1.82, 2.24) is 4.98 Å². The van der Waals surface area contributed by atoms with Crippen LogP contribution in [0.15, 0.2) is 5.38 Å². The summed E-state index contributed by atoms with van der Waals surface area (Å²) in [5.41, 5.74) is 4.48. The molecule has 1 saturated heterocycles. The number of hydrogen-bond donors (Lipinski definition) is 1. The van der Waals surface area contributed by atoms with Crippen molar-refractivity contribution in [2.24, 2.45) is 11.7 Å². The highest BCUT2D eigenvalue weighted by molar-refractivity contribution is 7.14. The van der Waals surface area contributed by atoms with Crippen LogP contribution in [0.2, 0.25) is 0 Å². The fourth-order valence-electron chi connectivity index (χ4n) is 1.64. The van der Waals surface area contributed by atoms with Gasteiger partial charge >= 0.3 is 6.18 Å². The van der Waals surface area contributed by atoms with Gasteiger partial charge in [0, 0.05) is 18.3 Å². The number of nitrogens with zero attached hydrogens (tertiary/aromatic N) is 2. The van der Waals surface area contributed by atoms with E-state index in [1.165, 1.54) is 4.90 Å². The Morgan fingerprint density at radius 1 is 1.59 bits per heavy atom. The van der Waals surface area contributed by atoms with Crippen LogP contribution in [0.25, 0.3) is 0 Å². The molecule has 4 nitrogen and oxygen atoms in total. The SMILES string of the molecule is NCC1CC(=O)N(c2nc(C(F)(F)F)cs2)C1. The molecule has 1 aromatic rings. The molecule has 0 bridgehead atoms. The van der Waals surface area contributed by atoms with E-state index >= 15 is 0 Å². The molecule has 1 unspecified atom stereocenters. The molecule has 1 aliphatic heterocycles. The lowest BCUT2D eigenvalue weighted by atomic mass is 10.1. The van der Waals surface area contributed by atoms with E-state index in [1.54, 1.807) is 0 Å². The van der Waals surface area contributed by atoms with Crippen molar-refractivity contribution in [3.05, 3.63) is 11.1 Å². The molecular weight excluding hydrogens is 255 g/mol. The number of carbonyl (C=O) groups is 1. The van der Waals surface area contributed by atoms with Crippen LogP contribution < -0.4 is 10.6 Å². The van der Waals surface area contributed by atoms with E-state index in [1.807, 2.05) is 0 Å². The number of carbonyl (C=O) groups excluding carboxylic acids is 1. The minimum atomic E-state index is -4.47. The standard InChI is InChI=1S/C9H10F3N3OS/c10-9(11,12)6-4-17-8(14-6)15-3-5(2-13)1-7(15)16/h4-5H,1-3,13H2. The summed E-state index contributed by atoms with van der Waals surface area (Å²) in [4.78, 5) is 16.3. The summed E-state index contributed by atoms with van der Waals surface area (Å²) in [6.07, 6.45) is -4.19. The number of aromatic nitrogens is 1. The number of alkyl halides is 3. The van der Waals surface area contributed by atoms with Crippen LogP contribution in [-0.2, 0) is 11.0 Å². The Balaban J connectivity index is 2.19. The van der Waals surface area contributed by atoms with E-state index in [4.69, 9.17) is 5.73 Å². The molecule has 0 saturated carbocycles. The summed E-state index contributed by atoms with van der Waals surface area (Å²) in [5.74, 6) is -0.218. The maximum atomic E-state index is 12.3. The molecule has 0 aliphatic carbocycles. The van der Waals surface area contributed by atoms with Crippen LogP contribution in [0.1, 0.15) is 12.1 Å². The summed E-state index contributed by atoms with van der Waals surface area (Å²) in [6.45, 7) is 0.694. The van der Waals surface area contributed by atoms with Gasteiger partial charge in [-0.05, 0) is 12.5 Å². The highest BCUT2D eigenvalue weighted by Crippen LogP contribution is 2.34. The molecule has 0 aromatic carbocycles. The number of nitrogens with two attached hydrogens (primary N) is 1. The van der Waals surface area contributed by atoms with E-state index in [0.29, 0.717) is 13.1 Å². The number of anilines is 1. The van der Waals surface area contributed by atoms with Crippen LogP contribution in [0.5, 0.6) is 0 Å². The van der Waals surface area contributed by atoms with Gasteiger partial charge in [-0.2, -0.15) is 13.2 Å². The van der Waals surface area contributed by atoms with Crippen molar-refractivity contribution >= 4 is 22.4 Å². The Labute approximate surface area is 99.2 Å². The summed E-state index contributed by atoms with van der Waals surface area (Å²) in [6, 6.07) is 0. The highest BCUT2D eigenvalue weighted by Gasteiger charge is 2.37. The van der Waals surface area contributed by atoms with Gasteiger partial charge in [0.15, 0.2) is 10.8 Å². The van der Waals surface area contributed by atoms with E-state index in [2.05, 4.69) is 4.98 Å². The molecule has 2 N–H and O–H groups in total. The number of rotatable bonds is 2. The molecule has 2 rings (SSSR count). The third-order valence-corrected chi connectivity index (χ3v) is 3.42. The molecule has 8 heteroatoms. The Hall–Kier alpha value is -1.15. The Bertz CT molecular complexity index is 431. The molecular formula is C9H10F3N3OS. The van der Waals surface area contributed by atoms with Crippen molar-refractivity contribution in [2.75, 3.05) is 18.0 Å². The van der Waals surface area contributed by atoms with Crippen molar-refractivity contribution in [1.29, 1.82) is 0 Å². The molecule has 0 spiro atoms. The fraction of sp³-hybridized carbons (Fsp3) is 0.556. The predicted molar refractivity (Wildman–Crippen MR) is 56.6 cm³/mol. The lowest BCUT2D eigenvalue weighted by Gasteiger charge is -2.12. The first-order valence-corrected chi connectivity index (χ1v) is 5.83. The van der Waals surface area contributed by atoms with Gasteiger partial charge < -0.3 is 5.73 Å². The largest absolute Gasteiger partial charge is 0.434 e. The predicted octanol–water partition coefficient (Wildman–Crippen LogP) is 1.47. The van der Waals surface area contributed by atoms with Crippen LogP contribution in [0.3, 0.4) is 0 Å². The smallest absolute Gasteiger partial charge is 0.330 e. The zero-order valence-corrected chi connectivity index (χ0v) is 9.51. The molecule has 1 fully saturated rings. The first-order chi connectivity index (χ1) is 7.91. The van der Waals surface area contributed by atoms with Crippen LogP contribution in [0, 0.1) is 5.92 Å². The van der Waals surface area contributed by atoms with Gasteiger partial charge in [0.1, 0.15) is 0 Å². The van der Waals surface area contributed by atoms with E-state index in [9.17, 15) is 18.0 Å². The van der Waals surface area contributed by atoms with Gasteiger partial charge in [-0.3, -0.25) is 9.69 Å². The van der Waals surface area contributed by atoms with E-state index in [0.717, 1.165) is 16.7 Å². The van der Waals surface area contributed by atoms with Crippen molar-refractivity contribution in [2.45, 2.75) is 12.6 Å². The third-order valence-electron chi connectivity index (χ3n) is 2.55. The topological polar surface area (TPSA) is 59.2 Å². The first kappa shape index (κ1) is 12.3. The van der Waals surface area contributed by atoms with Crippen LogP contribution >= 0.6 is 11.3 Å². The number of hydrogen-bond acceptors (Lipinski definition) is 4. The molecule has 17 heavy (non-hydrogen) atoms. The first-order valence-electron chi connectivity index (χ1n) is 4.95. The maximum Gasteiger partial charge on any atom is 0.434 e. The Kier molecular flexibility index (Phi) is 3.09. The number of amides is 1. The molecule has 1 aromatic heterocycles. The lowest BCUT2D eigenvalue weighted by molar-refractivity contribution is -0.140. The second-order valence-electron chi connectivity index (χ2n) is 3.82. The van der Waals surface area contributed by atoms with Gasteiger partial charge in [0.25, 0.3) is 0 Å². The van der Waals surface area contributed by atoms with Crippen LogP contribution in [-0.4, -0.2) is 24.0 Å². The van der Waals surface area contributed by atoms with E-state index < -0.39 is 11.9 Å². The van der Waals surface area contributed by atoms with Crippen LogP contribution in [0.4, 0.5) is 18.3 Å². The maximum absolute atomic E-state index is 12.3. The normalized spacial score (nSPS) is 21.3. The number of halogens is 3. The summed E-state index contributed by atoms with van der Waals surface area (Å²) in [5, 5.41) is 1.01. The Morgan fingerprint density at radius 3 is 2.76 bits per heavy atom. The molecule has 1 atom stereocenters. The summed E-state index contributed by atoms with van der Waals surface area (Å²) >= 11 is 0.823. The number of thiazole rings is 1. The minimum Gasteiger partial charge on any atom is -0.330 e. The van der Waals surface area contributed by atoms with E-state index in [-0.39, 0.29) is 23.4 Å². The van der Waals surface area contributed by atoms with Crippen molar-refractivity contribution in [3.63, 3.8) is 0 Å². The zero-order chi connectivity index (χ0) is 12.6. The van der Waals surface area contributed by atoms with Gasteiger partial charge in [-0.15, -0.1) is 11.3 Å². The Morgan fingerprint density at radius 2 is 2.29 bits per heavy atom. The van der Waals surface area contributed by atoms with Crippen molar-refractivity contribution < 1.29 is 18.0 Å². The molecule has 0 radical (unpaired) electrons. The average molecular weight is 265 g/mol. The van der Waals surface area contributed by atoms with Gasteiger partial charge in [0.2, 0.25) is 5.91 Å². The highest BCUT2D eigenvalue weighted by atomic mass is 32.1. The molecule has 1 amide bonds. The monoisotopic (exact) mass is 265 g/mol. The van der Waals surface area contributed by atoms with Gasteiger partial charge in [0.05, 0.1) is 0 Å². The van der Waals surface area contributed by atoms with Gasteiger partial charge in [-0.1, -0.05) is 0 Å². The van der Waals surface area contributed by atoms with Gasteiger partial charge in [-0.25, -0.2) is 4.98 Å². The molecule has 94 valence electrons. The quantitative estimate of drug-likeness (QED) is 0.881. The second kappa shape index (κ2) is 4.26. The third kappa shape index (κ3) is 2.42. The molecule has 2 heterocycles. The fourth-order valence-corrected chi connectivity index (χ4v) is 2.50. The summed E-state index contributed by atoms with van der Waals surface area (Å²) in [7, 11) is 0. The lowest BCUT2D eigenvalue weighted by Crippen LogP contribution is -2.25.